The predicted octanol–water partition coefficient (Wildman–Crippen LogP) is 3.11. The van der Waals surface area contributed by atoms with Gasteiger partial charge in [-0.2, -0.15) is 0 Å². The van der Waals surface area contributed by atoms with Crippen LogP contribution in [0.25, 0.3) is 0 Å². The second-order valence-electron chi connectivity index (χ2n) is 3.70. The minimum atomic E-state index is -0.403. The van der Waals surface area contributed by atoms with Crippen LogP contribution in [0, 0.1) is 0 Å². The van der Waals surface area contributed by atoms with Crippen molar-refractivity contribution >= 4 is 27.5 Å². The van der Waals surface area contributed by atoms with Gasteiger partial charge in [0.2, 0.25) is 0 Å². The molecule has 0 saturated carbocycles. The predicted molar refractivity (Wildman–Crippen MR) is 71.9 cm³/mol. The summed E-state index contributed by atoms with van der Waals surface area (Å²) >= 11 is 3.30. The lowest BCUT2D eigenvalue weighted by Crippen LogP contribution is -2.11. The number of halogens is 1. The van der Waals surface area contributed by atoms with Gasteiger partial charge in [-0.25, -0.2) is 0 Å². The Morgan fingerprint density at radius 3 is 2.33 bits per heavy atom. The summed E-state index contributed by atoms with van der Waals surface area (Å²) in [5.41, 5.74) is 0.810. The van der Waals surface area contributed by atoms with E-state index in [-0.39, 0.29) is 17.1 Å². The summed E-state index contributed by atoms with van der Waals surface area (Å²) in [4.78, 5) is 11.9. The topological polar surface area (TPSA) is 69.6 Å². The molecular weight excluding hydrogens is 298 g/mol. The molecule has 0 spiro atoms. The Labute approximate surface area is 112 Å². The number of rotatable bonds is 2. The first-order valence-electron chi connectivity index (χ1n) is 5.14. The molecule has 0 unspecified atom stereocenters. The van der Waals surface area contributed by atoms with Gasteiger partial charge in [0.05, 0.1) is 0 Å². The van der Waals surface area contributed by atoms with Gasteiger partial charge in [-0.3, -0.25) is 4.79 Å². The van der Waals surface area contributed by atoms with E-state index in [9.17, 15) is 15.0 Å². The van der Waals surface area contributed by atoms with Crippen LogP contribution in [0.2, 0.25) is 0 Å². The van der Waals surface area contributed by atoms with Crippen LogP contribution in [0.3, 0.4) is 0 Å². The molecule has 4 nitrogen and oxygen atoms in total. The van der Waals surface area contributed by atoms with E-state index in [1.165, 1.54) is 12.1 Å². The number of phenols is 2. The first-order chi connectivity index (χ1) is 8.54. The van der Waals surface area contributed by atoms with Crippen LogP contribution >= 0.6 is 15.9 Å². The lowest BCUT2D eigenvalue weighted by molar-refractivity contribution is 0.102. The van der Waals surface area contributed by atoms with Crippen LogP contribution in [-0.4, -0.2) is 16.1 Å². The second-order valence-corrected chi connectivity index (χ2v) is 4.62. The number of carbonyl (C=O) groups excluding carboxylic acids is 1. The molecule has 2 aromatic rings. The standard InChI is InChI=1S/C13H10BrNO3/c14-9-2-1-3-10(6-9)15-13(18)8-4-11(16)7-12(17)5-8/h1-7,16-17H,(H,15,18). The Morgan fingerprint density at radius 1 is 1.06 bits per heavy atom. The molecule has 0 radical (unpaired) electrons. The number of aromatic hydroxyl groups is 2. The van der Waals surface area contributed by atoms with Crippen molar-refractivity contribution in [2.75, 3.05) is 5.32 Å². The molecule has 0 aromatic heterocycles. The third-order valence-electron chi connectivity index (χ3n) is 2.25. The van der Waals surface area contributed by atoms with E-state index in [4.69, 9.17) is 0 Å². The van der Waals surface area contributed by atoms with Gasteiger partial charge in [0, 0.05) is 21.8 Å². The Kier molecular flexibility index (Phi) is 3.53. The fourth-order valence-corrected chi connectivity index (χ4v) is 1.89. The van der Waals surface area contributed by atoms with Gasteiger partial charge >= 0.3 is 0 Å². The maximum absolute atomic E-state index is 11.9. The molecule has 0 saturated heterocycles. The average molecular weight is 308 g/mol. The average Bonchev–Trinajstić information content (AvgIpc) is 2.27. The maximum atomic E-state index is 11.9. The van der Waals surface area contributed by atoms with Gasteiger partial charge in [-0.05, 0) is 30.3 Å². The van der Waals surface area contributed by atoms with E-state index < -0.39 is 5.91 Å². The number of amides is 1. The van der Waals surface area contributed by atoms with E-state index in [1.54, 1.807) is 18.2 Å². The molecule has 0 bridgehead atoms. The molecule has 3 N–H and O–H groups in total. The summed E-state index contributed by atoms with van der Waals surface area (Å²) in [6.45, 7) is 0. The molecule has 5 heteroatoms. The maximum Gasteiger partial charge on any atom is 0.255 e. The minimum Gasteiger partial charge on any atom is -0.508 e. The number of hydrogen-bond acceptors (Lipinski definition) is 3. The summed E-state index contributed by atoms with van der Waals surface area (Å²) in [6, 6.07) is 10.9. The molecule has 0 aliphatic heterocycles. The van der Waals surface area contributed by atoms with Crippen molar-refractivity contribution in [1.29, 1.82) is 0 Å². The summed E-state index contributed by atoms with van der Waals surface area (Å²) in [7, 11) is 0. The highest BCUT2D eigenvalue weighted by molar-refractivity contribution is 9.10. The molecule has 0 atom stereocenters. The molecule has 18 heavy (non-hydrogen) atoms. The molecule has 1 amide bonds. The monoisotopic (exact) mass is 307 g/mol. The molecule has 92 valence electrons. The molecule has 0 heterocycles. The molecule has 0 aliphatic rings. The zero-order valence-electron chi connectivity index (χ0n) is 9.22. The van der Waals surface area contributed by atoms with Crippen molar-refractivity contribution in [2.45, 2.75) is 0 Å². The largest absolute Gasteiger partial charge is 0.508 e. The molecular formula is C13H10BrNO3. The van der Waals surface area contributed by atoms with Crippen LogP contribution in [-0.2, 0) is 0 Å². The summed E-state index contributed by atoms with van der Waals surface area (Å²) < 4.78 is 0.846. The smallest absolute Gasteiger partial charge is 0.255 e. The number of phenolic OH excluding ortho intramolecular Hbond substituents is 2. The SMILES string of the molecule is O=C(Nc1cccc(Br)c1)c1cc(O)cc(O)c1. The highest BCUT2D eigenvalue weighted by Gasteiger charge is 2.09. The van der Waals surface area contributed by atoms with Crippen LogP contribution in [0.15, 0.2) is 46.9 Å². The van der Waals surface area contributed by atoms with Gasteiger partial charge in [-0.15, -0.1) is 0 Å². The lowest BCUT2D eigenvalue weighted by atomic mass is 10.2. The van der Waals surface area contributed by atoms with Crippen molar-refractivity contribution in [2.24, 2.45) is 0 Å². The van der Waals surface area contributed by atoms with Crippen molar-refractivity contribution < 1.29 is 15.0 Å². The van der Waals surface area contributed by atoms with Gasteiger partial charge < -0.3 is 15.5 Å². The number of hydrogen-bond donors (Lipinski definition) is 3. The number of anilines is 1. The van der Waals surface area contributed by atoms with Crippen LogP contribution in [0.1, 0.15) is 10.4 Å². The van der Waals surface area contributed by atoms with Crippen molar-refractivity contribution in [3.8, 4) is 11.5 Å². The highest BCUT2D eigenvalue weighted by Crippen LogP contribution is 2.22. The first kappa shape index (κ1) is 12.4. The van der Waals surface area contributed by atoms with E-state index in [1.807, 2.05) is 6.07 Å². The van der Waals surface area contributed by atoms with Gasteiger partial charge in [0.25, 0.3) is 5.91 Å². The number of benzene rings is 2. The van der Waals surface area contributed by atoms with Crippen molar-refractivity contribution in [3.05, 3.63) is 52.5 Å². The van der Waals surface area contributed by atoms with E-state index in [0.29, 0.717) is 5.69 Å². The Hall–Kier alpha value is -2.01. The molecule has 0 aliphatic carbocycles. The third-order valence-corrected chi connectivity index (χ3v) is 2.74. The van der Waals surface area contributed by atoms with Crippen molar-refractivity contribution in [3.63, 3.8) is 0 Å². The van der Waals surface area contributed by atoms with Gasteiger partial charge in [0.1, 0.15) is 11.5 Å². The van der Waals surface area contributed by atoms with E-state index >= 15 is 0 Å². The van der Waals surface area contributed by atoms with Gasteiger partial charge in [0.15, 0.2) is 0 Å². The highest BCUT2D eigenvalue weighted by atomic mass is 79.9. The van der Waals surface area contributed by atoms with Crippen LogP contribution < -0.4 is 5.32 Å². The third kappa shape index (κ3) is 3.01. The second kappa shape index (κ2) is 5.10. The fraction of sp³-hybridized carbons (Fsp3) is 0. The normalized spacial score (nSPS) is 10.1. The summed E-state index contributed by atoms with van der Waals surface area (Å²) in [6.07, 6.45) is 0. The summed E-state index contributed by atoms with van der Waals surface area (Å²) in [5.74, 6) is -0.719. The van der Waals surface area contributed by atoms with Crippen LogP contribution in [0.4, 0.5) is 5.69 Å². The Bertz CT molecular complexity index is 578. The van der Waals surface area contributed by atoms with Gasteiger partial charge in [-0.1, -0.05) is 22.0 Å². The molecule has 2 rings (SSSR count). The Morgan fingerprint density at radius 2 is 1.72 bits per heavy atom. The Balaban J connectivity index is 2.22. The molecule has 2 aromatic carbocycles. The summed E-state index contributed by atoms with van der Waals surface area (Å²) in [5, 5.41) is 21.3. The van der Waals surface area contributed by atoms with Crippen LogP contribution in [0.5, 0.6) is 11.5 Å². The molecule has 0 fully saturated rings. The fourth-order valence-electron chi connectivity index (χ4n) is 1.50. The van der Waals surface area contributed by atoms with E-state index in [2.05, 4.69) is 21.2 Å². The first-order valence-corrected chi connectivity index (χ1v) is 5.94. The quantitative estimate of drug-likeness (QED) is 0.798. The number of nitrogens with one attached hydrogen (secondary N) is 1. The number of carbonyl (C=O) groups is 1. The zero-order chi connectivity index (χ0) is 13.1. The van der Waals surface area contributed by atoms with E-state index in [0.717, 1.165) is 10.5 Å². The van der Waals surface area contributed by atoms with Crippen molar-refractivity contribution in [1.82, 2.24) is 0 Å². The zero-order valence-corrected chi connectivity index (χ0v) is 10.8. The minimum absolute atomic E-state index is 0.158. The lowest BCUT2D eigenvalue weighted by Gasteiger charge is -2.06.